The second kappa shape index (κ2) is 4.66. The standard InChI is InChI=1S/C12H14F4N2/c13-9-1-2-10(17)11(7-9)18-5-3-8(4-6-18)12(14,15)16/h1-2,7-8H,3-6,17H2. The van der Waals surface area contributed by atoms with Gasteiger partial charge in [-0.1, -0.05) is 0 Å². The van der Waals surface area contributed by atoms with Gasteiger partial charge in [0.2, 0.25) is 0 Å². The average Bonchev–Trinajstić information content (AvgIpc) is 2.31. The third-order valence-electron chi connectivity index (χ3n) is 3.29. The molecule has 0 atom stereocenters. The fourth-order valence-electron chi connectivity index (χ4n) is 2.24. The van der Waals surface area contributed by atoms with Gasteiger partial charge >= 0.3 is 6.18 Å². The molecule has 1 heterocycles. The summed E-state index contributed by atoms with van der Waals surface area (Å²) >= 11 is 0. The largest absolute Gasteiger partial charge is 0.397 e. The van der Waals surface area contributed by atoms with Crippen LogP contribution < -0.4 is 10.6 Å². The van der Waals surface area contributed by atoms with E-state index in [0.717, 1.165) is 0 Å². The van der Waals surface area contributed by atoms with Crippen molar-refractivity contribution in [3.05, 3.63) is 24.0 Å². The predicted molar refractivity (Wildman–Crippen MR) is 61.8 cm³/mol. The van der Waals surface area contributed by atoms with Gasteiger partial charge in [0.05, 0.1) is 17.3 Å². The fourth-order valence-corrected chi connectivity index (χ4v) is 2.24. The van der Waals surface area contributed by atoms with Gasteiger partial charge in [-0.2, -0.15) is 13.2 Å². The monoisotopic (exact) mass is 262 g/mol. The summed E-state index contributed by atoms with van der Waals surface area (Å²) in [6, 6.07) is 3.94. The maximum absolute atomic E-state index is 13.1. The van der Waals surface area contributed by atoms with Gasteiger partial charge in [-0.25, -0.2) is 4.39 Å². The number of nitrogens with two attached hydrogens (primary N) is 1. The molecule has 1 saturated heterocycles. The third kappa shape index (κ3) is 2.68. The molecule has 2 rings (SSSR count). The first-order valence-electron chi connectivity index (χ1n) is 5.74. The number of halogens is 4. The van der Waals surface area contributed by atoms with Crippen molar-refractivity contribution < 1.29 is 17.6 Å². The van der Waals surface area contributed by atoms with E-state index in [9.17, 15) is 17.6 Å². The Morgan fingerprint density at radius 1 is 1.17 bits per heavy atom. The van der Waals surface area contributed by atoms with Crippen LogP contribution in [0.4, 0.5) is 28.9 Å². The molecule has 100 valence electrons. The van der Waals surface area contributed by atoms with E-state index < -0.39 is 17.9 Å². The summed E-state index contributed by atoms with van der Waals surface area (Å²) in [6.45, 7) is 0.496. The van der Waals surface area contributed by atoms with Crippen molar-refractivity contribution in [3.63, 3.8) is 0 Å². The molecule has 1 aliphatic rings. The van der Waals surface area contributed by atoms with Crippen LogP contribution in [-0.2, 0) is 0 Å². The molecule has 0 bridgehead atoms. The van der Waals surface area contributed by atoms with Crippen LogP contribution in [0.5, 0.6) is 0 Å². The lowest BCUT2D eigenvalue weighted by Crippen LogP contribution is -2.39. The van der Waals surface area contributed by atoms with Crippen molar-refractivity contribution in [2.75, 3.05) is 23.7 Å². The molecule has 6 heteroatoms. The van der Waals surface area contributed by atoms with Crippen molar-refractivity contribution in [1.82, 2.24) is 0 Å². The molecular weight excluding hydrogens is 248 g/mol. The van der Waals surface area contributed by atoms with Crippen LogP contribution in [0.15, 0.2) is 18.2 Å². The molecule has 0 spiro atoms. The first-order chi connectivity index (χ1) is 8.38. The summed E-state index contributed by atoms with van der Waals surface area (Å²) in [5, 5.41) is 0. The third-order valence-corrected chi connectivity index (χ3v) is 3.29. The van der Waals surface area contributed by atoms with Gasteiger partial charge < -0.3 is 10.6 Å². The molecule has 0 amide bonds. The number of anilines is 2. The minimum atomic E-state index is -4.14. The van der Waals surface area contributed by atoms with Crippen LogP contribution >= 0.6 is 0 Å². The summed E-state index contributed by atoms with van der Waals surface area (Å²) < 4.78 is 50.6. The van der Waals surface area contributed by atoms with Crippen molar-refractivity contribution in [3.8, 4) is 0 Å². The van der Waals surface area contributed by atoms with Gasteiger partial charge in [-0.3, -0.25) is 0 Å². The molecule has 1 aliphatic heterocycles. The lowest BCUT2D eigenvalue weighted by molar-refractivity contribution is -0.179. The molecule has 2 nitrogen and oxygen atoms in total. The predicted octanol–water partition coefficient (Wildman–Crippen LogP) is 3.19. The van der Waals surface area contributed by atoms with Crippen molar-refractivity contribution in [2.24, 2.45) is 5.92 Å². The minimum Gasteiger partial charge on any atom is -0.397 e. The maximum atomic E-state index is 13.1. The van der Waals surface area contributed by atoms with Gasteiger partial charge in [0.25, 0.3) is 0 Å². The van der Waals surface area contributed by atoms with Gasteiger partial charge in [0.15, 0.2) is 0 Å². The van der Waals surface area contributed by atoms with Crippen LogP contribution in [0.3, 0.4) is 0 Å². The Balaban J connectivity index is 2.08. The van der Waals surface area contributed by atoms with E-state index in [1.54, 1.807) is 4.90 Å². The SMILES string of the molecule is Nc1ccc(F)cc1N1CCC(C(F)(F)F)CC1. The van der Waals surface area contributed by atoms with Crippen molar-refractivity contribution >= 4 is 11.4 Å². The fraction of sp³-hybridized carbons (Fsp3) is 0.500. The molecule has 2 N–H and O–H groups in total. The van der Waals surface area contributed by atoms with E-state index >= 15 is 0 Å². The first kappa shape index (κ1) is 13.0. The second-order valence-electron chi connectivity index (χ2n) is 4.51. The highest BCUT2D eigenvalue weighted by atomic mass is 19.4. The van der Waals surface area contributed by atoms with Gasteiger partial charge in [0, 0.05) is 13.1 Å². The first-order valence-corrected chi connectivity index (χ1v) is 5.74. The van der Waals surface area contributed by atoms with Crippen molar-refractivity contribution in [2.45, 2.75) is 19.0 Å². The lowest BCUT2D eigenvalue weighted by Gasteiger charge is -2.34. The van der Waals surface area contributed by atoms with Gasteiger partial charge in [-0.15, -0.1) is 0 Å². The Morgan fingerprint density at radius 2 is 1.78 bits per heavy atom. The molecule has 1 aromatic rings. The number of rotatable bonds is 1. The van der Waals surface area contributed by atoms with Gasteiger partial charge in [0.1, 0.15) is 5.82 Å². The van der Waals surface area contributed by atoms with E-state index in [0.29, 0.717) is 11.4 Å². The number of hydrogen-bond donors (Lipinski definition) is 1. The minimum absolute atomic E-state index is 0.0272. The molecule has 1 fully saturated rings. The summed E-state index contributed by atoms with van der Waals surface area (Å²) in [4.78, 5) is 1.71. The maximum Gasteiger partial charge on any atom is 0.391 e. The number of piperidine rings is 1. The number of nitrogens with zero attached hydrogens (tertiary/aromatic N) is 1. The van der Waals surface area contributed by atoms with Crippen LogP contribution in [0, 0.1) is 11.7 Å². The quantitative estimate of drug-likeness (QED) is 0.622. The molecular formula is C12H14F4N2. The lowest BCUT2D eigenvalue weighted by atomic mass is 9.96. The Kier molecular flexibility index (Phi) is 3.36. The van der Waals surface area contributed by atoms with Crippen LogP contribution in [-0.4, -0.2) is 19.3 Å². The van der Waals surface area contributed by atoms with Crippen LogP contribution in [0.2, 0.25) is 0 Å². The number of nitrogen functional groups attached to an aromatic ring is 1. The van der Waals surface area contributed by atoms with E-state index in [1.165, 1.54) is 18.2 Å². The van der Waals surface area contributed by atoms with E-state index in [-0.39, 0.29) is 25.9 Å². The van der Waals surface area contributed by atoms with Crippen molar-refractivity contribution in [1.29, 1.82) is 0 Å². The normalized spacial score (nSPS) is 18.1. The molecule has 18 heavy (non-hydrogen) atoms. The number of hydrogen-bond acceptors (Lipinski definition) is 2. The van der Waals surface area contributed by atoms with E-state index in [4.69, 9.17) is 5.73 Å². The van der Waals surface area contributed by atoms with E-state index in [2.05, 4.69) is 0 Å². The van der Waals surface area contributed by atoms with Gasteiger partial charge in [-0.05, 0) is 31.0 Å². The highest BCUT2D eigenvalue weighted by molar-refractivity contribution is 5.67. The number of alkyl halides is 3. The molecule has 0 aliphatic carbocycles. The highest BCUT2D eigenvalue weighted by Crippen LogP contribution is 2.36. The molecule has 0 aromatic heterocycles. The molecule has 0 saturated carbocycles. The molecule has 0 unspecified atom stereocenters. The topological polar surface area (TPSA) is 29.3 Å². The zero-order valence-corrected chi connectivity index (χ0v) is 9.67. The zero-order chi connectivity index (χ0) is 13.3. The van der Waals surface area contributed by atoms with Crippen LogP contribution in [0.1, 0.15) is 12.8 Å². The Hall–Kier alpha value is -1.46. The Labute approximate surface area is 102 Å². The summed E-state index contributed by atoms with van der Waals surface area (Å²) in [7, 11) is 0. The van der Waals surface area contributed by atoms with E-state index in [1.807, 2.05) is 0 Å². The Morgan fingerprint density at radius 3 is 2.33 bits per heavy atom. The summed E-state index contributed by atoms with van der Waals surface area (Å²) in [5.41, 5.74) is 6.58. The molecule has 1 aromatic carbocycles. The zero-order valence-electron chi connectivity index (χ0n) is 9.67. The molecule has 0 radical (unpaired) electrons. The summed E-state index contributed by atoms with van der Waals surface area (Å²) in [6.07, 6.45) is -4.08. The smallest absolute Gasteiger partial charge is 0.391 e. The average molecular weight is 262 g/mol. The van der Waals surface area contributed by atoms with Crippen LogP contribution in [0.25, 0.3) is 0 Å². The highest BCUT2D eigenvalue weighted by Gasteiger charge is 2.41. The summed E-state index contributed by atoms with van der Waals surface area (Å²) in [5.74, 6) is -1.69. The Bertz CT molecular complexity index is 423. The number of benzene rings is 1. The second-order valence-corrected chi connectivity index (χ2v) is 4.51.